The fourth-order valence-electron chi connectivity index (χ4n) is 2.78. The van der Waals surface area contributed by atoms with E-state index in [0.717, 1.165) is 25.3 Å². The van der Waals surface area contributed by atoms with E-state index in [4.69, 9.17) is 4.74 Å². The molecule has 1 aliphatic carbocycles. The average molecular weight is 181 g/mol. The van der Waals surface area contributed by atoms with Gasteiger partial charge < -0.3 is 4.74 Å². The monoisotopic (exact) mass is 181 g/mol. The molecule has 1 saturated carbocycles. The van der Waals surface area contributed by atoms with Crippen LogP contribution in [0.15, 0.2) is 0 Å². The van der Waals surface area contributed by atoms with E-state index >= 15 is 0 Å². The van der Waals surface area contributed by atoms with Crippen LogP contribution in [0.25, 0.3) is 0 Å². The molecule has 0 spiro atoms. The van der Waals surface area contributed by atoms with E-state index < -0.39 is 0 Å². The molecule has 3 fully saturated rings. The standard InChI is InChI=1S/C11H19NO/c1-11(4-5-11)8-12-9-2-3-10(12)7-13-6-9/h9-10H,2-8H2,1H3. The third-order valence-electron chi connectivity index (χ3n) is 4.06. The maximum atomic E-state index is 5.58. The molecule has 2 heterocycles. The van der Waals surface area contributed by atoms with Gasteiger partial charge in [0.15, 0.2) is 0 Å². The van der Waals surface area contributed by atoms with Crippen molar-refractivity contribution < 1.29 is 4.74 Å². The van der Waals surface area contributed by atoms with Crippen LogP contribution in [0.2, 0.25) is 0 Å². The molecule has 2 atom stereocenters. The van der Waals surface area contributed by atoms with Crippen molar-refractivity contribution >= 4 is 0 Å². The van der Waals surface area contributed by atoms with Crippen LogP contribution < -0.4 is 0 Å². The highest BCUT2D eigenvalue weighted by molar-refractivity contribution is 4.98. The molecule has 0 aromatic heterocycles. The Morgan fingerprint density at radius 2 is 1.85 bits per heavy atom. The second-order valence-corrected chi connectivity index (χ2v) is 5.41. The summed E-state index contributed by atoms with van der Waals surface area (Å²) in [5.74, 6) is 0. The van der Waals surface area contributed by atoms with Gasteiger partial charge in [-0.3, -0.25) is 4.90 Å². The first kappa shape index (κ1) is 8.25. The summed E-state index contributed by atoms with van der Waals surface area (Å²) in [4.78, 5) is 2.73. The SMILES string of the molecule is CC1(CN2C3CCC2COC3)CC1. The van der Waals surface area contributed by atoms with Crippen LogP contribution in [0.1, 0.15) is 32.6 Å². The van der Waals surface area contributed by atoms with Crippen molar-refractivity contribution in [3.05, 3.63) is 0 Å². The predicted octanol–water partition coefficient (Wildman–Crippen LogP) is 1.65. The van der Waals surface area contributed by atoms with Crippen molar-refractivity contribution in [3.8, 4) is 0 Å². The number of hydrogen-bond donors (Lipinski definition) is 0. The predicted molar refractivity (Wildman–Crippen MR) is 51.7 cm³/mol. The summed E-state index contributed by atoms with van der Waals surface area (Å²) in [6.45, 7) is 5.76. The van der Waals surface area contributed by atoms with Crippen molar-refractivity contribution in [2.45, 2.75) is 44.7 Å². The van der Waals surface area contributed by atoms with Gasteiger partial charge in [-0.25, -0.2) is 0 Å². The second-order valence-electron chi connectivity index (χ2n) is 5.41. The van der Waals surface area contributed by atoms with Gasteiger partial charge >= 0.3 is 0 Å². The molecule has 13 heavy (non-hydrogen) atoms. The van der Waals surface area contributed by atoms with Crippen LogP contribution >= 0.6 is 0 Å². The van der Waals surface area contributed by atoms with Crippen molar-refractivity contribution in [2.24, 2.45) is 5.41 Å². The topological polar surface area (TPSA) is 12.5 Å². The molecule has 0 amide bonds. The Bertz CT molecular complexity index is 196. The molecular formula is C11H19NO. The Morgan fingerprint density at radius 1 is 1.23 bits per heavy atom. The minimum Gasteiger partial charge on any atom is -0.378 e. The second kappa shape index (κ2) is 2.71. The molecule has 2 aliphatic heterocycles. The van der Waals surface area contributed by atoms with Gasteiger partial charge in [0.05, 0.1) is 13.2 Å². The summed E-state index contributed by atoms with van der Waals surface area (Å²) >= 11 is 0. The van der Waals surface area contributed by atoms with Crippen LogP contribution in [0, 0.1) is 5.41 Å². The third-order valence-corrected chi connectivity index (χ3v) is 4.06. The molecule has 0 N–H and O–H groups in total. The van der Waals surface area contributed by atoms with Gasteiger partial charge in [0.2, 0.25) is 0 Å². The summed E-state index contributed by atoms with van der Waals surface area (Å²) in [7, 11) is 0. The first-order valence-corrected chi connectivity index (χ1v) is 5.60. The molecule has 2 heteroatoms. The van der Waals surface area contributed by atoms with Gasteiger partial charge in [0.25, 0.3) is 0 Å². The summed E-state index contributed by atoms with van der Waals surface area (Å²) in [5.41, 5.74) is 0.679. The highest BCUT2D eigenvalue weighted by Crippen LogP contribution is 2.47. The number of nitrogens with zero attached hydrogens (tertiary/aromatic N) is 1. The third kappa shape index (κ3) is 1.40. The smallest absolute Gasteiger partial charge is 0.0622 e. The maximum Gasteiger partial charge on any atom is 0.0622 e. The lowest BCUT2D eigenvalue weighted by Gasteiger charge is -2.36. The highest BCUT2D eigenvalue weighted by atomic mass is 16.5. The Kier molecular flexibility index (Phi) is 1.72. The average Bonchev–Trinajstić information content (AvgIpc) is 2.79. The number of morpholine rings is 1. The minimum atomic E-state index is 0.679. The number of rotatable bonds is 2. The number of fused-ring (bicyclic) bond motifs is 2. The van der Waals surface area contributed by atoms with Crippen molar-refractivity contribution in [1.82, 2.24) is 4.90 Å². The Labute approximate surface area is 80.2 Å². The van der Waals surface area contributed by atoms with E-state index in [1.54, 1.807) is 0 Å². The molecule has 2 unspecified atom stereocenters. The summed E-state index contributed by atoms with van der Waals surface area (Å²) < 4.78 is 5.58. The molecule has 3 aliphatic rings. The lowest BCUT2D eigenvalue weighted by atomic mass is 10.1. The zero-order valence-corrected chi connectivity index (χ0v) is 8.46. The number of ether oxygens (including phenoxy) is 1. The maximum absolute atomic E-state index is 5.58. The molecule has 0 aromatic rings. The van der Waals surface area contributed by atoms with Crippen molar-refractivity contribution in [3.63, 3.8) is 0 Å². The highest BCUT2D eigenvalue weighted by Gasteiger charge is 2.45. The largest absolute Gasteiger partial charge is 0.378 e. The van der Waals surface area contributed by atoms with Gasteiger partial charge in [-0.05, 0) is 31.1 Å². The van der Waals surface area contributed by atoms with Crippen LogP contribution in [0.5, 0.6) is 0 Å². The summed E-state index contributed by atoms with van der Waals surface area (Å²) in [6.07, 6.45) is 5.65. The Balaban J connectivity index is 1.69. The van der Waals surface area contributed by atoms with Gasteiger partial charge in [-0.2, -0.15) is 0 Å². The van der Waals surface area contributed by atoms with Gasteiger partial charge in [0, 0.05) is 18.6 Å². The quantitative estimate of drug-likeness (QED) is 0.642. The fraction of sp³-hybridized carbons (Fsp3) is 1.00. The van der Waals surface area contributed by atoms with E-state index in [1.807, 2.05) is 0 Å². The van der Waals surface area contributed by atoms with Crippen molar-refractivity contribution in [1.29, 1.82) is 0 Å². The first-order valence-electron chi connectivity index (χ1n) is 5.60. The molecular weight excluding hydrogens is 162 g/mol. The van der Waals surface area contributed by atoms with Gasteiger partial charge in [-0.1, -0.05) is 6.92 Å². The van der Waals surface area contributed by atoms with Crippen LogP contribution in [0.4, 0.5) is 0 Å². The van der Waals surface area contributed by atoms with E-state index in [1.165, 1.54) is 32.2 Å². The number of hydrogen-bond acceptors (Lipinski definition) is 2. The molecule has 0 radical (unpaired) electrons. The Morgan fingerprint density at radius 3 is 2.38 bits per heavy atom. The van der Waals surface area contributed by atoms with Crippen molar-refractivity contribution in [2.75, 3.05) is 19.8 Å². The summed E-state index contributed by atoms with van der Waals surface area (Å²) in [6, 6.07) is 1.52. The lowest BCUT2D eigenvalue weighted by molar-refractivity contribution is -0.0222. The molecule has 3 rings (SSSR count). The van der Waals surface area contributed by atoms with E-state index in [2.05, 4.69) is 11.8 Å². The van der Waals surface area contributed by atoms with E-state index in [-0.39, 0.29) is 0 Å². The lowest BCUT2D eigenvalue weighted by Crippen LogP contribution is -2.47. The van der Waals surface area contributed by atoms with E-state index in [9.17, 15) is 0 Å². The molecule has 74 valence electrons. The fourth-order valence-corrected chi connectivity index (χ4v) is 2.78. The van der Waals surface area contributed by atoms with Crippen LogP contribution in [-0.2, 0) is 4.74 Å². The minimum absolute atomic E-state index is 0.679. The molecule has 2 saturated heterocycles. The van der Waals surface area contributed by atoms with E-state index in [0.29, 0.717) is 5.41 Å². The Hall–Kier alpha value is -0.0800. The van der Waals surface area contributed by atoms with Crippen LogP contribution in [0.3, 0.4) is 0 Å². The molecule has 0 aromatic carbocycles. The van der Waals surface area contributed by atoms with Crippen LogP contribution in [-0.4, -0.2) is 36.7 Å². The molecule has 2 bridgehead atoms. The zero-order valence-electron chi connectivity index (χ0n) is 8.46. The normalized spacial score (nSPS) is 42.2. The first-order chi connectivity index (χ1) is 6.27. The zero-order chi connectivity index (χ0) is 8.89. The molecule has 2 nitrogen and oxygen atoms in total. The van der Waals surface area contributed by atoms with Gasteiger partial charge in [-0.15, -0.1) is 0 Å². The summed E-state index contributed by atoms with van der Waals surface area (Å²) in [5, 5.41) is 0. The van der Waals surface area contributed by atoms with Gasteiger partial charge in [0.1, 0.15) is 0 Å².